The van der Waals surface area contributed by atoms with Crippen molar-refractivity contribution in [1.29, 1.82) is 0 Å². The van der Waals surface area contributed by atoms with Gasteiger partial charge in [-0.1, -0.05) is 5.16 Å². The third-order valence-electron chi connectivity index (χ3n) is 4.88. The van der Waals surface area contributed by atoms with E-state index in [1.54, 1.807) is 14.2 Å². The summed E-state index contributed by atoms with van der Waals surface area (Å²) < 4.78 is 16.2. The molecule has 7 nitrogen and oxygen atoms in total. The van der Waals surface area contributed by atoms with Gasteiger partial charge in [-0.05, 0) is 43.5 Å². The molecule has 7 heteroatoms. The number of ether oxygens (including phenoxy) is 2. The van der Waals surface area contributed by atoms with E-state index in [9.17, 15) is 0 Å². The van der Waals surface area contributed by atoms with Gasteiger partial charge >= 0.3 is 0 Å². The molecule has 0 spiro atoms. The molecule has 0 radical (unpaired) electrons. The number of hydrogen-bond acceptors (Lipinski definition) is 7. The zero-order valence-corrected chi connectivity index (χ0v) is 14.7. The molecule has 1 aliphatic rings. The maximum atomic E-state index is 5.47. The Kier molecular flexibility index (Phi) is 3.71. The van der Waals surface area contributed by atoms with Gasteiger partial charge in [0.05, 0.1) is 26.0 Å². The molecule has 1 aromatic carbocycles. The monoisotopic (exact) mass is 340 g/mol. The molecule has 0 saturated heterocycles. The number of rotatable bonds is 3. The van der Waals surface area contributed by atoms with E-state index < -0.39 is 0 Å². The number of methoxy groups -OCH3 is 2. The summed E-state index contributed by atoms with van der Waals surface area (Å²) in [6.45, 7) is 4.93. The Morgan fingerprint density at radius 3 is 2.68 bits per heavy atom. The van der Waals surface area contributed by atoms with Crippen LogP contribution in [-0.2, 0) is 6.42 Å². The van der Waals surface area contributed by atoms with E-state index in [1.807, 2.05) is 6.92 Å². The summed E-state index contributed by atoms with van der Waals surface area (Å²) in [6, 6.07) is 4.27. The zero-order chi connectivity index (χ0) is 17.6. The Balaban J connectivity index is 1.81. The minimum atomic E-state index is 0.135. The maximum absolute atomic E-state index is 5.47. The first-order chi connectivity index (χ1) is 12.1. The summed E-state index contributed by atoms with van der Waals surface area (Å²) in [4.78, 5) is 11.0. The summed E-state index contributed by atoms with van der Waals surface area (Å²) in [5, 5.41) is 4.90. The van der Waals surface area contributed by atoms with Crippen molar-refractivity contribution in [3.8, 4) is 11.5 Å². The van der Waals surface area contributed by atoms with E-state index in [0.29, 0.717) is 5.71 Å². The Morgan fingerprint density at radius 1 is 1.16 bits per heavy atom. The lowest BCUT2D eigenvalue weighted by atomic mass is 9.92. The Morgan fingerprint density at radius 2 is 1.92 bits per heavy atom. The Labute approximate surface area is 145 Å². The highest BCUT2D eigenvalue weighted by atomic mass is 16.5. The molecule has 130 valence electrons. The molecular weight excluding hydrogens is 320 g/mol. The lowest BCUT2D eigenvalue weighted by Crippen LogP contribution is -2.34. The second kappa shape index (κ2) is 5.91. The van der Waals surface area contributed by atoms with E-state index in [1.165, 1.54) is 17.5 Å². The molecule has 1 unspecified atom stereocenters. The van der Waals surface area contributed by atoms with Crippen molar-refractivity contribution in [1.82, 2.24) is 15.1 Å². The summed E-state index contributed by atoms with van der Waals surface area (Å²) in [5.74, 6) is 2.36. The van der Waals surface area contributed by atoms with Crippen LogP contribution in [0.15, 0.2) is 23.0 Å². The van der Waals surface area contributed by atoms with Crippen LogP contribution < -0.4 is 14.4 Å². The highest BCUT2D eigenvalue weighted by molar-refractivity contribution is 5.88. The summed E-state index contributed by atoms with van der Waals surface area (Å²) in [5.41, 5.74) is 3.81. The molecule has 0 saturated carbocycles. The number of nitrogens with zero attached hydrogens (tertiary/aromatic N) is 4. The number of aromatic nitrogens is 3. The van der Waals surface area contributed by atoms with Crippen LogP contribution in [0.5, 0.6) is 11.5 Å². The first-order valence-corrected chi connectivity index (χ1v) is 8.22. The van der Waals surface area contributed by atoms with E-state index >= 15 is 0 Å². The second-order valence-corrected chi connectivity index (χ2v) is 6.17. The number of benzene rings is 1. The fourth-order valence-corrected chi connectivity index (χ4v) is 3.56. The van der Waals surface area contributed by atoms with Crippen LogP contribution in [0.4, 0.5) is 5.82 Å². The molecule has 2 aromatic heterocycles. The highest BCUT2D eigenvalue weighted by Crippen LogP contribution is 2.40. The standard InChI is InChI=1S/C18H20N4O3/c1-10-16-17(19-9-20-18(16)25-21-10)22-6-5-12-7-14(23-3)15(24-4)8-13(12)11(22)2/h7-9,11H,5-6H2,1-4H3. The van der Waals surface area contributed by atoms with Gasteiger partial charge < -0.3 is 18.9 Å². The maximum Gasteiger partial charge on any atom is 0.263 e. The van der Waals surface area contributed by atoms with Crippen LogP contribution in [0.25, 0.3) is 11.1 Å². The van der Waals surface area contributed by atoms with E-state index in [-0.39, 0.29) is 6.04 Å². The van der Waals surface area contributed by atoms with Gasteiger partial charge in [0.1, 0.15) is 17.5 Å². The van der Waals surface area contributed by atoms with Crippen LogP contribution >= 0.6 is 0 Å². The minimum Gasteiger partial charge on any atom is -0.493 e. The molecule has 0 amide bonds. The van der Waals surface area contributed by atoms with Gasteiger partial charge in [-0.3, -0.25) is 0 Å². The van der Waals surface area contributed by atoms with Crippen molar-refractivity contribution >= 4 is 16.9 Å². The molecule has 0 bridgehead atoms. The third kappa shape index (κ3) is 2.38. The Hall–Kier alpha value is -2.83. The van der Waals surface area contributed by atoms with Gasteiger partial charge in [-0.15, -0.1) is 0 Å². The lowest BCUT2D eigenvalue weighted by molar-refractivity contribution is 0.353. The summed E-state index contributed by atoms with van der Waals surface area (Å²) in [6.07, 6.45) is 2.43. The van der Waals surface area contributed by atoms with Crippen LogP contribution in [-0.4, -0.2) is 35.9 Å². The average Bonchev–Trinajstić information content (AvgIpc) is 3.02. The van der Waals surface area contributed by atoms with Gasteiger partial charge in [0.2, 0.25) is 0 Å². The lowest BCUT2D eigenvalue weighted by Gasteiger charge is -2.36. The molecule has 0 aliphatic carbocycles. The zero-order valence-electron chi connectivity index (χ0n) is 14.7. The molecule has 25 heavy (non-hydrogen) atoms. The van der Waals surface area contributed by atoms with Crippen LogP contribution in [0, 0.1) is 6.92 Å². The predicted molar refractivity (Wildman–Crippen MR) is 93.3 cm³/mol. The van der Waals surface area contributed by atoms with Crippen molar-refractivity contribution in [2.45, 2.75) is 26.3 Å². The highest BCUT2D eigenvalue weighted by Gasteiger charge is 2.29. The molecular formula is C18H20N4O3. The van der Waals surface area contributed by atoms with Crippen molar-refractivity contribution < 1.29 is 14.0 Å². The van der Waals surface area contributed by atoms with Crippen molar-refractivity contribution in [2.24, 2.45) is 0 Å². The number of fused-ring (bicyclic) bond motifs is 2. The van der Waals surface area contributed by atoms with Gasteiger partial charge in [0.15, 0.2) is 11.5 Å². The molecule has 1 atom stereocenters. The topological polar surface area (TPSA) is 73.5 Å². The summed E-state index contributed by atoms with van der Waals surface area (Å²) in [7, 11) is 3.32. The number of hydrogen-bond donors (Lipinski definition) is 0. The quantitative estimate of drug-likeness (QED) is 0.725. The molecule has 0 fully saturated rings. The molecule has 3 heterocycles. The minimum absolute atomic E-state index is 0.135. The molecule has 4 rings (SSSR count). The predicted octanol–water partition coefficient (Wildman–Crippen LogP) is 3.07. The smallest absolute Gasteiger partial charge is 0.263 e. The fourth-order valence-electron chi connectivity index (χ4n) is 3.56. The van der Waals surface area contributed by atoms with Crippen molar-refractivity contribution in [3.05, 3.63) is 35.3 Å². The fraction of sp³-hybridized carbons (Fsp3) is 0.389. The molecule has 3 aromatic rings. The van der Waals surface area contributed by atoms with Crippen molar-refractivity contribution in [2.75, 3.05) is 25.7 Å². The van der Waals surface area contributed by atoms with Crippen LogP contribution in [0.3, 0.4) is 0 Å². The first-order valence-electron chi connectivity index (χ1n) is 8.22. The van der Waals surface area contributed by atoms with Crippen LogP contribution in [0.2, 0.25) is 0 Å². The van der Waals surface area contributed by atoms with E-state index in [2.05, 4.69) is 39.1 Å². The second-order valence-electron chi connectivity index (χ2n) is 6.17. The Bertz CT molecular complexity index is 937. The largest absolute Gasteiger partial charge is 0.493 e. The van der Waals surface area contributed by atoms with Crippen LogP contribution in [0.1, 0.15) is 29.8 Å². The van der Waals surface area contributed by atoms with Gasteiger partial charge in [0, 0.05) is 6.54 Å². The van der Waals surface area contributed by atoms with E-state index in [0.717, 1.165) is 41.4 Å². The first kappa shape index (κ1) is 15.7. The SMILES string of the molecule is COc1cc2c(cc1OC)C(C)N(c1ncnc3onc(C)c13)CC2. The average molecular weight is 340 g/mol. The number of aryl methyl sites for hydroxylation is 1. The molecule has 1 aliphatic heterocycles. The van der Waals surface area contributed by atoms with Gasteiger partial charge in [-0.25, -0.2) is 4.98 Å². The van der Waals surface area contributed by atoms with Gasteiger partial charge in [-0.2, -0.15) is 4.98 Å². The number of anilines is 1. The summed E-state index contributed by atoms with van der Waals surface area (Å²) >= 11 is 0. The van der Waals surface area contributed by atoms with Gasteiger partial charge in [0.25, 0.3) is 5.71 Å². The van der Waals surface area contributed by atoms with Crippen molar-refractivity contribution in [3.63, 3.8) is 0 Å². The normalized spacial score (nSPS) is 16.8. The molecule has 0 N–H and O–H groups in total. The third-order valence-corrected chi connectivity index (χ3v) is 4.88. The van der Waals surface area contributed by atoms with E-state index in [4.69, 9.17) is 14.0 Å².